The van der Waals surface area contributed by atoms with Gasteiger partial charge in [-0.05, 0) is 37.3 Å². The normalized spacial score (nSPS) is 15.2. The fourth-order valence-electron chi connectivity index (χ4n) is 3.94. The first kappa shape index (κ1) is 30.3. The molecular formula is C25H36N6O7. The molecule has 1 heterocycles. The maximum Gasteiger partial charge on any atom is 0.328 e. The fourth-order valence-corrected chi connectivity index (χ4v) is 3.94. The molecule has 0 saturated carbocycles. The Morgan fingerprint density at radius 2 is 1.55 bits per heavy atom. The third kappa shape index (κ3) is 8.56. The van der Waals surface area contributed by atoms with Crippen LogP contribution in [-0.2, 0) is 30.4 Å². The van der Waals surface area contributed by atoms with Gasteiger partial charge in [-0.15, -0.1) is 0 Å². The highest BCUT2D eigenvalue weighted by Gasteiger charge is 2.33. The number of primary amides is 1. The third-order valence-corrected chi connectivity index (χ3v) is 5.88. The molecule has 1 aromatic heterocycles. The molecule has 4 amide bonds. The Hall–Kier alpha value is -3.97. The first-order valence-electron chi connectivity index (χ1n) is 12.2. The Morgan fingerprint density at radius 1 is 0.947 bits per heavy atom. The van der Waals surface area contributed by atoms with E-state index >= 15 is 0 Å². The molecule has 0 spiro atoms. The monoisotopic (exact) mass is 532 g/mol. The summed E-state index contributed by atoms with van der Waals surface area (Å²) in [4.78, 5) is 64.7. The number of hydrogen-bond donors (Lipinski definition) is 8. The highest BCUT2D eigenvalue weighted by molar-refractivity contribution is 5.96. The Balaban J connectivity index is 2.14. The van der Waals surface area contributed by atoms with Gasteiger partial charge in [0.25, 0.3) is 0 Å². The lowest BCUT2D eigenvalue weighted by Crippen LogP contribution is -2.59. The summed E-state index contributed by atoms with van der Waals surface area (Å²) >= 11 is 0. The van der Waals surface area contributed by atoms with Crippen molar-refractivity contribution in [2.45, 2.75) is 70.3 Å². The van der Waals surface area contributed by atoms with Gasteiger partial charge in [0.2, 0.25) is 23.6 Å². The number of fused-ring (bicyclic) bond motifs is 1. The van der Waals surface area contributed by atoms with E-state index in [0.29, 0.717) is 0 Å². The van der Waals surface area contributed by atoms with Crippen LogP contribution in [0, 0.1) is 5.92 Å². The molecule has 13 heteroatoms. The molecule has 10 N–H and O–H groups in total. The minimum Gasteiger partial charge on any atom is -0.480 e. The van der Waals surface area contributed by atoms with Crippen molar-refractivity contribution in [3.63, 3.8) is 0 Å². The number of carbonyl (C=O) groups is 5. The third-order valence-electron chi connectivity index (χ3n) is 5.88. The predicted octanol–water partition coefficient (Wildman–Crippen LogP) is -1.12. The lowest BCUT2D eigenvalue weighted by Gasteiger charge is -2.26. The molecular weight excluding hydrogens is 496 g/mol. The van der Waals surface area contributed by atoms with Crippen LogP contribution in [0.3, 0.4) is 0 Å². The SMILES string of the molecule is CC(C)CC(NC(=O)C(N)Cc1c[nH]c2ccccc12)C(=O)NC(CC(N)=O)C(=O)NC(C(=O)O)C(C)O. The number of aliphatic hydroxyl groups excluding tert-OH is 1. The molecule has 0 aliphatic heterocycles. The molecule has 0 aliphatic rings. The molecule has 5 atom stereocenters. The summed E-state index contributed by atoms with van der Waals surface area (Å²) in [5.41, 5.74) is 13.1. The zero-order valence-corrected chi connectivity index (χ0v) is 21.6. The average Bonchev–Trinajstić information content (AvgIpc) is 3.23. The lowest BCUT2D eigenvalue weighted by atomic mass is 10.0. The van der Waals surface area contributed by atoms with E-state index < -0.39 is 66.3 Å². The van der Waals surface area contributed by atoms with E-state index in [0.717, 1.165) is 23.4 Å². The standard InChI is InChI=1S/C25H36N6O7/c1-12(2)8-18(29-22(34)16(26)9-14-11-28-17-7-5-4-6-15(14)17)23(35)30-19(10-20(27)33)24(36)31-21(13(3)32)25(37)38/h4-7,11-13,16,18-19,21,28,32H,8-10,26H2,1-3H3,(H2,27,33)(H,29,34)(H,30,35)(H,31,36)(H,37,38). The molecule has 0 fully saturated rings. The summed E-state index contributed by atoms with van der Waals surface area (Å²) in [6, 6.07) is 2.24. The molecule has 208 valence electrons. The number of H-pyrrole nitrogens is 1. The Bertz CT molecular complexity index is 1160. The number of benzene rings is 1. The molecule has 38 heavy (non-hydrogen) atoms. The Morgan fingerprint density at radius 3 is 2.13 bits per heavy atom. The Kier molecular flexibility index (Phi) is 10.8. The van der Waals surface area contributed by atoms with Gasteiger partial charge in [-0.3, -0.25) is 19.2 Å². The second-order valence-electron chi connectivity index (χ2n) is 9.66. The number of aromatic amines is 1. The number of nitrogens with two attached hydrogens (primary N) is 2. The predicted molar refractivity (Wildman–Crippen MR) is 138 cm³/mol. The van der Waals surface area contributed by atoms with Crippen molar-refractivity contribution in [2.24, 2.45) is 17.4 Å². The Labute approximate surface area is 219 Å². The highest BCUT2D eigenvalue weighted by atomic mass is 16.4. The van der Waals surface area contributed by atoms with Crippen molar-refractivity contribution < 1.29 is 34.2 Å². The number of hydrogen-bond acceptors (Lipinski definition) is 7. The summed E-state index contributed by atoms with van der Waals surface area (Å²) in [7, 11) is 0. The van der Waals surface area contributed by atoms with Crippen molar-refractivity contribution in [1.29, 1.82) is 0 Å². The average molecular weight is 533 g/mol. The van der Waals surface area contributed by atoms with Crippen LogP contribution < -0.4 is 27.4 Å². The van der Waals surface area contributed by atoms with E-state index in [1.807, 2.05) is 38.1 Å². The zero-order valence-electron chi connectivity index (χ0n) is 21.6. The summed E-state index contributed by atoms with van der Waals surface area (Å²) in [6.07, 6.45) is 0.0720. The first-order chi connectivity index (χ1) is 17.8. The number of rotatable bonds is 14. The molecule has 5 unspecified atom stereocenters. The van der Waals surface area contributed by atoms with Crippen LogP contribution in [-0.4, -0.2) is 75.1 Å². The van der Waals surface area contributed by atoms with Gasteiger partial charge in [-0.25, -0.2) is 4.79 Å². The molecule has 0 aliphatic carbocycles. The van der Waals surface area contributed by atoms with Gasteiger partial charge in [0.05, 0.1) is 18.6 Å². The topological polar surface area (TPSA) is 230 Å². The second-order valence-corrected chi connectivity index (χ2v) is 9.66. The minimum absolute atomic E-state index is 0.0501. The highest BCUT2D eigenvalue weighted by Crippen LogP contribution is 2.19. The smallest absolute Gasteiger partial charge is 0.328 e. The van der Waals surface area contributed by atoms with Gasteiger partial charge in [0.15, 0.2) is 6.04 Å². The van der Waals surface area contributed by atoms with Crippen LogP contribution in [0.2, 0.25) is 0 Å². The molecule has 0 saturated heterocycles. The van der Waals surface area contributed by atoms with Crippen molar-refractivity contribution >= 4 is 40.5 Å². The summed E-state index contributed by atoms with van der Waals surface area (Å²) in [5.74, 6) is -4.89. The maximum absolute atomic E-state index is 13.1. The number of nitrogens with one attached hydrogen (secondary N) is 4. The van der Waals surface area contributed by atoms with E-state index in [1.165, 1.54) is 0 Å². The van der Waals surface area contributed by atoms with E-state index in [4.69, 9.17) is 11.5 Å². The van der Waals surface area contributed by atoms with Crippen molar-refractivity contribution in [3.05, 3.63) is 36.0 Å². The summed E-state index contributed by atoms with van der Waals surface area (Å²) in [5, 5.41) is 26.8. The summed E-state index contributed by atoms with van der Waals surface area (Å²) in [6.45, 7) is 4.81. The van der Waals surface area contributed by atoms with E-state index in [2.05, 4.69) is 20.9 Å². The maximum atomic E-state index is 13.1. The van der Waals surface area contributed by atoms with E-state index in [-0.39, 0.29) is 18.8 Å². The number of carboxylic acid groups (broad SMARTS) is 1. The number of aliphatic hydroxyl groups is 1. The van der Waals surface area contributed by atoms with Crippen molar-refractivity contribution in [2.75, 3.05) is 0 Å². The number of aliphatic carboxylic acids is 1. The molecule has 0 bridgehead atoms. The van der Waals surface area contributed by atoms with Gasteiger partial charge < -0.3 is 42.6 Å². The van der Waals surface area contributed by atoms with Crippen molar-refractivity contribution in [1.82, 2.24) is 20.9 Å². The molecule has 2 aromatic rings. The van der Waals surface area contributed by atoms with Crippen molar-refractivity contribution in [3.8, 4) is 0 Å². The van der Waals surface area contributed by atoms with Crippen LogP contribution in [0.1, 0.15) is 39.2 Å². The number of aromatic nitrogens is 1. The van der Waals surface area contributed by atoms with E-state index in [9.17, 15) is 34.2 Å². The zero-order chi connectivity index (χ0) is 28.6. The molecule has 0 radical (unpaired) electrons. The van der Waals surface area contributed by atoms with Crippen LogP contribution >= 0.6 is 0 Å². The van der Waals surface area contributed by atoms with Gasteiger partial charge >= 0.3 is 5.97 Å². The van der Waals surface area contributed by atoms with Crippen LogP contribution in [0.4, 0.5) is 0 Å². The summed E-state index contributed by atoms with van der Waals surface area (Å²) < 4.78 is 0. The fraction of sp³-hybridized carbons (Fsp3) is 0.480. The number of amides is 4. The lowest BCUT2D eigenvalue weighted by molar-refractivity contribution is -0.145. The van der Waals surface area contributed by atoms with Crippen LogP contribution in [0.25, 0.3) is 10.9 Å². The largest absolute Gasteiger partial charge is 0.480 e. The molecule has 2 rings (SSSR count). The minimum atomic E-state index is -1.68. The van der Waals surface area contributed by atoms with Crippen LogP contribution in [0.15, 0.2) is 30.5 Å². The molecule has 13 nitrogen and oxygen atoms in total. The van der Waals surface area contributed by atoms with Gasteiger partial charge in [-0.2, -0.15) is 0 Å². The van der Waals surface area contributed by atoms with Gasteiger partial charge in [0, 0.05) is 17.1 Å². The van der Waals surface area contributed by atoms with Gasteiger partial charge in [-0.1, -0.05) is 32.0 Å². The number of carbonyl (C=O) groups excluding carboxylic acids is 4. The second kappa shape index (κ2) is 13.5. The first-order valence-corrected chi connectivity index (χ1v) is 12.2. The van der Waals surface area contributed by atoms with Crippen LogP contribution in [0.5, 0.6) is 0 Å². The molecule has 1 aromatic carbocycles. The number of carboxylic acids is 1. The quantitative estimate of drug-likeness (QED) is 0.148. The van der Waals surface area contributed by atoms with E-state index in [1.54, 1.807) is 6.20 Å². The number of para-hydroxylation sites is 1. The van der Waals surface area contributed by atoms with Gasteiger partial charge in [0.1, 0.15) is 12.1 Å².